The maximum Gasteiger partial charge on any atom is 0.304 e. The fourth-order valence-electron chi connectivity index (χ4n) is 3.91. The van der Waals surface area contributed by atoms with Crippen LogP contribution in [-0.4, -0.2) is 41.1 Å². The lowest BCUT2D eigenvalue weighted by molar-refractivity contribution is -0.140. The number of rotatable bonds is 9. The van der Waals surface area contributed by atoms with Gasteiger partial charge in [0.05, 0.1) is 25.1 Å². The lowest BCUT2D eigenvalue weighted by Crippen LogP contribution is -2.35. The number of amides is 1. The molecule has 1 N–H and O–H groups in total. The molecule has 0 aliphatic heterocycles. The second-order valence-corrected chi connectivity index (χ2v) is 9.45. The highest BCUT2D eigenvalue weighted by molar-refractivity contribution is 7.14. The van der Waals surface area contributed by atoms with Gasteiger partial charge in [-0.15, -0.1) is 11.3 Å². The van der Waals surface area contributed by atoms with Crippen molar-refractivity contribution in [2.75, 3.05) is 19.1 Å². The summed E-state index contributed by atoms with van der Waals surface area (Å²) in [6.45, 7) is 0. The number of thiazole rings is 1. The van der Waals surface area contributed by atoms with Gasteiger partial charge < -0.3 is 9.84 Å². The number of benzene rings is 2. The second-order valence-electron chi connectivity index (χ2n) is 8.18. The minimum atomic E-state index is -1.02. The number of carboxylic acids is 1. The molecule has 7 nitrogen and oxygen atoms in total. The van der Waals surface area contributed by atoms with Gasteiger partial charge in [0.25, 0.3) is 0 Å². The molecule has 4 aromatic rings. The minimum absolute atomic E-state index is 0.265. The Kier molecular flexibility index (Phi) is 7.97. The highest BCUT2D eigenvalue weighted by atomic mass is 35.5. The van der Waals surface area contributed by atoms with Crippen LogP contribution < -0.4 is 9.64 Å². The van der Waals surface area contributed by atoms with Crippen molar-refractivity contribution in [1.29, 1.82) is 0 Å². The third-order valence-corrected chi connectivity index (χ3v) is 6.87. The molecular formula is C27H24ClN3O4S. The van der Waals surface area contributed by atoms with Crippen LogP contribution in [0.2, 0.25) is 5.02 Å². The molecule has 0 spiro atoms. The van der Waals surface area contributed by atoms with E-state index in [9.17, 15) is 14.7 Å². The molecule has 0 unspecified atom stereocenters. The Hall–Kier alpha value is -3.75. The van der Waals surface area contributed by atoms with Crippen molar-refractivity contribution in [1.82, 2.24) is 9.97 Å². The van der Waals surface area contributed by atoms with E-state index in [1.54, 1.807) is 32.5 Å². The highest BCUT2D eigenvalue weighted by Gasteiger charge is 2.27. The van der Waals surface area contributed by atoms with Gasteiger partial charge in [0.2, 0.25) is 11.8 Å². The van der Waals surface area contributed by atoms with Gasteiger partial charge >= 0.3 is 5.97 Å². The number of halogens is 1. The van der Waals surface area contributed by atoms with Crippen molar-refractivity contribution >= 4 is 39.9 Å². The summed E-state index contributed by atoms with van der Waals surface area (Å²) in [4.78, 5) is 35.2. The number of methoxy groups -OCH3 is 1. The van der Waals surface area contributed by atoms with Gasteiger partial charge in [0.1, 0.15) is 0 Å². The molecule has 0 bridgehead atoms. The van der Waals surface area contributed by atoms with E-state index in [1.807, 2.05) is 53.9 Å². The summed E-state index contributed by atoms with van der Waals surface area (Å²) in [5, 5.41) is 12.3. The molecule has 184 valence electrons. The number of pyridine rings is 1. The topological polar surface area (TPSA) is 92.6 Å². The van der Waals surface area contributed by atoms with Gasteiger partial charge in [-0.2, -0.15) is 0 Å². The van der Waals surface area contributed by atoms with Crippen LogP contribution in [-0.2, 0) is 16.0 Å². The summed E-state index contributed by atoms with van der Waals surface area (Å²) < 4.78 is 5.15. The normalized spacial score (nSPS) is 11.6. The van der Waals surface area contributed by atoms with Crippen molar-refractivity contribution in [2.24, 2.45) is 5.92 Å². The van der Waals surface area contributed by atoms with Gasteiger partial charge in [-0.3, -0.25) is 14.5 Å². The molecule has 2 heterocycles. The van der Waals surface area contributed by atoms with Gasteiger partial charge in [-0.25, -0.2) is 9.97 Å². The van der Waals surface area contributed by atoms with Crippen LogP contribution in [0.25, 0.3) is 22.4 Å². The summed E-state index contributed by atoms with van der Waals surface area (Å²) in [6, 6.07) is 18.6. The van der Waals surface area contributed by atoms with Crippen molar-refractivity contribution in [3.05, 3.63) is 82.8 Å². The first-order chi connectivity index (χ1) is 17.4. The molecule has 2 aromatic heterocycles. The van der Waals surface area contributed by atoms with Crippen LogP contribution in [0, 0.1) is 5.92 Å². The average molecular weight is 522 g/mol. The molecule has 2 aromatic carbocycles. The van der Waals surface area contributed by atoms with Gasteiger partial charge in [0.15, 0.2) is 5.13 Å². The van der Waals surface area contributed by atoms with Crippen molar-refractivity contribution in [3.63, 3.8) is 0 Å². The van der Waals surface area contributed by atoms with E-state index < -0.39 is 11.9 Å². The summed E-state index contributed by atoms with van der Waals surface area (Å²) in [6.07, 6.45) is 1.78. The third kappa shape index (κ3) is 5.90. The van der Waals surface area contributed by atoms with Crippen LogP contribution in [0.1, 0.15) is 12.0 Å². The first-order valence-corrected chi connectivity index (χ1v) is 12.4. The lowest BCUT2D eigenvalue weighted by atomic mass is 9.95. The molecule has 0 saturated heterocycles. The van der Waals surface area contributed by atoms with E-state index in [0.717, 1.165) is 22.3 Å². The predicted molar refractivity (Wildman–Crippen MR) is 142 cm³/mol. The Bertz CT molecular complexity index is 1360. The van der Waals surface area contributed by atoms with Gasteiger partial charge in [-0.05, 0) is 35.7 Å². The Morgan fingerprint density at radius 3 is 2.56 bits per heavy atom. The van der Waals surface area contributed by atoms with Gasteiger partial charge in [0, 0.05) is 40.8 Å². The zero-order valence-electron chi connectivity index (χ0n) is 19.7. The van der Waals surface area contributed by atoms with Crippen LogP contribution in [0.15, 0.2) is 72.2 Å². The Labute approximate surface area is 218 Å². The van der Waals surface area contributed by atoms with E-state index >= 15 is 0 Å². The third-order valence-electron chi connectivity index (χ3n) is 5.72. The summed E-state index contributed by atoms with van der Waals surface area (Å²) in [7, 11) is 3.18. The first-order valence-electron chi connectivity index (χ1n) is 11.1. The Balaban J connectivity index is 1.62. The number of aliphatic carboxylic acids is 1. The zero-order chi connectivity index (χ0) is 25.7. The number of carbonyl (C=O) groups is 2. The number of carboxylic acid groups (broad SMARTS) is 1. The van der Waals surface area contributed by atoms with E-state index in [2.05, 4.69) is 4.98 Å². The number of anilines is 1. The van der Waals surface area contributed by atoms with Crippen LogP contribution in [0.5, 0.6) is 5.88 Å². The number of hydrogen-bond donors (Lipinski definition) is 1. The molecular weight excluding hydrogens is 498 g/mol. The van der Waals surface area contributed by atoms with E-state index in [0.29, 0.717) is 28.1 Å². The monoisotopic (exact) mass is 521 g/mol. The standard InChI is InChI=1S/C27H24ClN3O4S/c1-31(26(34)19(13-25(32)33)12-17-6-4-3-5-7-17)27-30-23(16-36-27)22-14-20(28)9-10-21(22)18-8-11-24(35-2)29-15-18/h3-11,14-16,19H,12-13H2,1-2H3,(H,32,33)/t19-/m1/s1. The maximum atomic E-state index is 13.3. The summed E-state index contributed by atoms with van der Waals surface area (Å²) in [5.74, 6) is -1.52. The smallest absolute Gasteiger partial charge is 0.304 e. The minimum Gasteiger partial charge on any atom is -0.481 e. The number of carbonyl (C=O) groups excluding carboxylic acids is 1. The Morgan fingerprint density at radius 2 is 1.89 bits per heavy atom. The fourth-order valence-corrected chi connectivity index (χ4v) is 4.87. The van der Waals surface area contributed by atoms with E-state index in [4.69, 9.17) is 21.3 Å². The average Bonchev–Trinajstić information content (AvgIpc) is 3.38. The molecule has 4 rings (SSSR count). The van der Waals surface area contributed by atoms with Crippen LogP contribution in [0.4, 0.5) is 5.13 Å². The molecule has 9 heteroatoms. The molecule has 1 atom stereocenters. The second kappa shape index (κ2) is 11.3. The quantitative estimate of drug-likeness (QED) is 0.298. The van der Waals surface area contributed by atoms with Crippen molar-refractivity contribution in [3.8, 4) is 28.3 Å². The number of hydrogen-bond acceptors (Lipinski definition) is 6. The molecule has 0 aliphatic rings. The molecule has 36 heavy (non-hydrogen) atoms. The van der Waals surface area contributed by atoms with Crippen molar-refractivity contribution < 1.29 is 19.4 Å². The van der Waals surface area contributed by atoms with Crippen LogP contribution >= 0.6 is 22.9 Å². The van der Waals surface area contributed by atoms with E-state index in [1.165, 1.54) is 16.2 Å². The number of ether oxygens (including phenoxy) is 1. The SMILES string of the molecule is COc1ccc(-c2ccc(Cl)cc2-c2csc(N(C)C(=O)[C@@H](CC(=O)O)Cc3ccccc3)n2)cn1. The molecule has 0 aliphatic carbocycles. The molecule has 1 amide bonds. The molecule has 0 saturated carbocycles. The van der Waals surface area contributed by atoms with Gasteiger partial charge in [-0.1, -0.05) is 48.0 Å². The highest BCUT2D eigenvalue weighted by Crippen LogP contribution is 2.36. The summed E-state index contributed by atoms with van der Waals surface area (Å²) >= 11 is 7.62. The molecule has 0 radical (unpaired) electrons. The largest absolute Gasteiger partial charge is 0.481 e. The lowest BCUT2D eigenvalue weighted by Gasteiger charge is -2.21. The maximum absolute atomic E-state index is 13.3. The Morgan fingerprint density at radius 1 is 1.11 bits per heavy atom. The number of aromatic nitrogens is 2. The summed E-state index contributed by atoms with van der Waals surface area (Å²) in [5.41, 5.74) is 4.10. The zero-order valence-corrected chi connectivity index (χ0v) is 21.3. The van der Waals surface area contributed by atoms with E-state index in [-0.39, 0.29) is 12.3 Å². The van der Waals surface area contributed by atoms with Crippen LogP contribution in [0.3, 0.4) is 0 Å². The number of nitrogens with zero attached hydrogens (tertiary/aromatic N) is 3. The fraction of sp³-hybridized carbons (Fsp3) is 0.185. The first kappa shape index (κ1) is 25.3. The predicted octanol–water partition coefficient (Wildman–Crippen LogP) is 5.83. The molecule has 0 fully saturated rings. The van der Waals surface area contributed by atoms with Crippen molar-refractivity contribution in [2.45, 2.75) is 12.8 Å².